The Hall–Kier alpha value is -1.94. The SMILES string of the molecule is CO[C@@H]1[C@H](OC(=O)/C=C/c2ccc(Cl)c(NCCOCCO)c2)CC[C@]2(CO2)[C@H]1[C@]1(C)O[C@H]1CC=C(C)C. The molecule has 2 heterocycles. The number of ether oxygens (including phenoxy) is 5. The predicted molar refractivity (Wildman–Crippen MR) is 146 cm³/mol. The number of hydrogen-bond acceptors (Lipinski definition) is 8. The largest absolute Gasteiger partial charge is 0.456 e. The third-order valence-corrected chi connectivity index (χ3v) is 8.03. The lowest BCUT2D eigenvalue weighted by atomic mass is 9.68. The first-order chi connectivity index (χ1) is 18.2. The minimum absolute atomic E-state index is 0.0116. The quantitative estimate of drug-likeness (QED) is 0.123. The molecule has 1 aromatic rings. The molecular weight excluding hydrogens is 510 g/mol. The molecule has 210 valence electrons. The summed E-state index contributed by atoms with van der Waals surface area (Å²) in [6.45, 7) is 8.26. The molecule has 6 atom stereocenters. The van der Waals surface area contributed by atoms with Crippen LogP contribution in [0.1, 0.15) is 45.6 Å². The molecule has 4 rings (SSSR count). The molecule has 0 aromatic heterocycles. The van der Waals surface area contributed by atoms with Gasteiger partial charge in [-0.3, -0.25) is 0 Å². The number of esters is 1. The molecule has 0 bridgehead atoms. The predicted octanol–water partition coefficient (Wildman–Crippen LogP) is 4.39. The van der Waals surface area contributed by atoms with Crippen LogP contribution in [-0.4, -0.2) is 80.7 Å². The van der Waals surface area contributed by atoms with E-state index in [0.717, 1.165) is 24.1 Å². The van der Waals surface area contributed by atoms with Gasteiger partial charge in [-0.2, -0.15) is 0 Å². The summed E-state index contributed by atoms with van der Waals surface area (Å²) in [5, 5.41) is 12.6. The maximum atomic E-state index is 12.8. The van der Waals surface area contributed by atoms with Gasteiger partial charge in [-0.25, -0.2) is 4.79 Å². The lowest BCUT2D eigenvalue weighted by Gasteiger charge is -2.42. The molecular formula is C29H40ClNO7. The molecule has 0 unspecified atom stereocenters. The summed E-state index contributed by atoms with van der Waals surface area (Å²) in [6, 6.07) is 5.46. The molecule has 3 fully saturated rings. The average Bonchev–Trinajstić information content (AvgIpc) is 3.80. The van der Waals surface area contributed by atoms with Crippen LogP contribution in [0.2, 0.25) is 5.02 Å². The summed E-state index contributed by atoms with van der Waals surface area (Å²) < 4.78 is 29.4. The molecule has 0 radical (unpaired) electrons. The van der Waals surface area contributed by atoms with Crippen LogP contribution >= 0.6 is 11.6 Å². The number of halogens is 1. The van der Waals surface area contributed by atoms with Crippen molar-refractivity contribution in [1.29, 1.82) is 0 Å². The van der Waals surface area contributed by atoms with Crippen LogP contribution in [-0.2, 0) is 28.5 Å². The highest BCUT2D eigenvalue weighted by Crippen LogP contribution is 2.59. The van der Waals surface area contributed by atoms with Gasteiger partial charge < -0.3 is 34.1 Å². The Labute approximate surface area is 230 Å². The van der Waals surface area contributed by atoms with E-state index in [-0.39, 0.29) is 42.0 Å². The fourth-order valence-corrected chi connectivity index (χ4v) is 5.81. The maximum absolute atomic E-state index is 12.8. The van der Waals surface area contributed by atoms with Crippen molar-refractivity contribution in [2.24, 2.45) is 5.92 Å². The Morgan fingerprint density at radius 3 is 2.79 bits per heavy atom. The van der Waals surface area contributed by atoms with E-state index in [9.17, 15) is 4.79 Å². The molecule has 8 nitrogen and oxygen atoms in total. The molecule has 3 aliphatic rings. The molecule has 9 heteroatoms. The number of hydrogen-bond donors (Lipinski definition) is 2. The van der Waals surface area contributed by atoms with Gasteiger partial charge in [-0.05, 0) is 63.8 Å². The van der Waals surface area contributed by atoms with Gasteiger partial charge in [0.25, 0.3) is 0 Å². The lowest BCUT2D eigenvalue weighted by molar-refractivity contribution is -0.166. The first-order valence-electron chi connectivity index (χ1n) is 13.3. The molecule has 2 N–H and O–H groups in total. The number of epoxide rings is 2. The van der Waals surface area contributed by atoms with Crippen LogP contribution in [0.5, 0.6) is 0 Å². The number of carbonyl (C=O) groups excluding carboxylic acids is 1. The Bertz CT molecular complexity index is 1040. The number of anilines is 1. The summed E-state index contributed by atoms with van der Waals surface area (Å²) in [7, 11) is 1.67. The van der Waals surface area contributed by atoms with Gasteiger partial charge in [0, 0.05) is 19.7 Å². The van der Waals surface area contributed by atoms with E-state index in [1.54, 1.807) is 19.3 Å². The van der Waals surface area contributed by atoms with Crippen LogP contribution in [0.25, 0.3) is 6.08 Å². The van der Waals surface area contributed by atoms with E-state index < -0.39 is 5.97 Å². The number of aliphatic hydroxyl groups excluding tert-OH is 1. The minimum atomic E-state index is -0.423. The molecule has 2 aliphatic heterocycles. The molecule has 38 heavy (non-hydrogen) atoms. The fraction of sp³-hybridized carbons (Fsp3) is 0.621. The van der Waals surface area contributed by atoms with Crippen LogP contribution in [0.4, 0.5) is 5.69 Å². The van der Waals surface area contributed by atoms with E-state index in [0.29, 0.717) is 37.8 Å². The van der Waals surface area contributed by atoms with Gasteiger partial charge in [0.2, 0.25) is 0 Å². The molecule has 0 amide bonds. The number of methoxy groups -OCH3 is 1. The molecule has 1 aliphatic carbocycles. The van der Waals surface area contributed by atoms with Crippen molar-refractivity contribution < 1.29 is 33.6 Å². The lowest BCUT2D eigenvalue weighted by Crippen LogP contribution is -2.55. The number of carbonyl (C=O) groups is 1. The van der Waals surface area contributed by atoms with E-state index >= 15 is 0 Å². The zero-order valence-corrected chi connectivity index (χ0v) is 23.5. The Morgan fingerprint density at radius 1 is 1.32 bits per heavy atom. The minimum Gasteiger partial charge on any atom is -0.456 e. The van der Waals surface area contributed by atoms with Gasteiger partial charge in [-0.15, -0.1) is 0 Å². The highest BCUT2D eigenvalue weighted by molar-refractivity contribution is 6.33. The third-order valence-electron chi connectivity index (χ3n) is 7.70. The summed E-state index contributed by atoms with van der Waals surface area (Å²) in [4.78, 5) is 12.8. The number of allylic oxidation sites excluding steroid dienone is 1. The van der Waals surface area contributed by atoms with Gasteiger partial charge in [0.15, 0.2) is 0 Å². The highest BCUT2D eigenvalue weighted by Gasteiger charge is 2.72. The smallest absolute Gasteiger partial charge is 0.331 e. The van der Waals surface area contributed by atoms with Crippen LogP contribution in [0.3, 0.4) is 0 Å². The number of nitrogens with one attached hydrogen (secondary N) is 1. The van der Waals surface area contributed by atoms with Crippen LogP contribution < -0.4 is 5.32 Å². The van der Waals surface area contributed by atoms with E-state index in [1.807, 2.05) is 12.1 Å². The van der Waals surface area contributed by atoms with E-state index in [2.05, 4.69) is 32.2 Å². The molecule has 1 saturated carbocycles. The second-order valence-corrected chi connectivity index (χ2v) is 11.1. The third kappa shape index (κ3) is 6.79. The van der Waals surface area contributed by atoms with E-state index in [1.165, 1.54) is 11.6 Å². The van der Waals surface area contributed by atoms with Gasteiger partial charge in [0.05, 0.1) is 49.2 Å². The van der Waals surface area contributed by atoms with Crippen molar-refractivity contribution in [2.75, 3.05) is 45.4 Å². The standard InChI is InChI=1S/C29H40ClNO7/c1-19(2)5-9-24-28(3,38-24)27-26(34-4)23(11-12-29(27)18-36-29)37-25(33)10-7-20-6-8-21(30)22(17-20)31-13-15-35-16-14-32/h5-8,10,17,23-24,26-27,31-32H,9,11-16,18H2,1-4H3/b10-7+/t23-,24+,26-,27-,28-,29+/m1/s1. The summed E-state index contributed by atoms with van der Waals surface area (Å²) in [6.07, 6.45) is 7.08. The van der Waals surface area contributed by atoms with Crippen molar-refractivity contribution in [3.8, 4) is 0 Å². The van der Waals surface area contributed by atoms with Crippen molar-refractivity contribution >= 4 is 29.3 Å². The van der Waals surface area contributed by atoms with E-state index in [4.69, 9.17) is 40.4 Å². The Morgan fingerprint density at radius 2 is 2.11 bits per heavy atom. The summed E-state index contributed by atoms with van der Waals surface area (Å²) >= 11 is 6.29. The molecule has 1 spiro atoms. The summed E-state index contributed by atoms with van der Waals surface area (Å²) in [5.41, 5.74) is 2.17. The first-order valence-corrected chi connectivity index (χ1v) is 13.7. The second kappa shape index (κ2) is 12.5. The Kier molecular flexibility index (Phi) is 9.55. The van der Waals surface area contributed by atoms with Gasteiger partial charge in [-0.1, -0.05) is 29.3 Å². The fourth-order valence-electron chi connectivity index (χ4n) is 5.63. The maximum Gasteiger partial charge on any atom is 0.331 e. The Balaban J connectivity index is 1.37. The van der Waals surface area contributed by atoms with Gasteiger partial charge >= 0.3 is 5.97 Å². The van der Waals surface area contributed by atoms with Crippen molar-refractivity contribution in [1.82, 2.24) is 0 Å². The number of aliphatic hydroxyl groups is 1. The molecule has 2 saturated heterocycles. The average molecular weight is 550 g/mol. The molecule has 1 aromatic carbocycles. The summed E-state index contributed by atoms with van der Waals surface area (Å²) in [5.74, 6) is -0.439. The second-order valence-electron chi connectivity index (χ2n) is 10.7. The van der Waals surface area contributed by atoms with Crippen LogP contribution in [0.15, 0.2) is 35.9 Å². The zero-order chi connectivity index (χ0) is 27.3. The zero-order valence-electron chi connectivity index (χ0n) is 22.7. The normalized spacial score (nSPS) is 31.8. The highest BCUT2D eigenvalue weighted by atomic mass is 35.5. The number of benzene rings is 1. The van der Waals surface area contributed by atoms with Crippen molar-refractivity contribution in [3.05, 3.63) is 46.5 Å². The van der Waals surface area contributed by atoms with Crippen LogP contribution in [0, 0.1) is 5.92 Å². The van der Waals surface area contributed by atoms with Crippen molar-refractivity contribution in [2.45, 2.75) is 69.5 Å². The van der Waals surface area contributed by atoms with Gasteiger partial charge in [0.1, 0.15) is 23.4 Å². The topological polar surface area (TPSA) is 102 Å². The first kappa shape index (κ1) is 29.1. The monoisotopic (exact) mass is 549 g/mol. The van der Waals surface area contributed by atoms with Crippen molar-refractivity contribution in [3.63, 3.8) is 0 Å². The number of rotatable bonds is 13.